The van der Waals surface area contributed by atoms with Gasteiger partial charge in [0.05, 0.1) is 0 Å². The standard InChI is InChI=1S/C20H36N2/c1-19(2)13-5-7-17(15(19)11-13)21-9-10-22-18-8-6-14-12-16(18)20(14,3)4/h13-18,21-22H,5-12H2,1-4H3. The molecule has 0 spiro atoms. The lowest BCUT2D eigenvalue weighted by atomic mass is 9.47. The molecule has 6 aliphatic carbocycles. The highest BCUT2D eigenvalue weighted by Gasteiger charge is 2.55. The topological polar surface area (TPSA) is 24.1 Å². The molecule has 6 atom stereocenters. The Kier molecular flexibility index (Phi) is 3.66. The Hall–Kier alpha value is -0.0800. The molecule has 6 rings (SSSR count). The third-order valence-corrected chi connectivity index (χ3v) is 8.65. The van der Waals surface area contributed by atoms with Crippen LogP contribution in [-0.2, 0) is 0 Å². The van der Waals surface area contributed by atoms with Crippen LogP contribution in [0.15, 0.2) is 0 Å². The SMILES string of the molecule is CC1(C)C2CCC(NCCNC3CCC4CC3C4(C)C)C1C2. The zero-order valence-electron chi connectivity index (χ0n) is 15.1. The van der Waals surface area contributed by atoms with Crippen LogP contribution in [0.1, 0.15) is 66.2 Å². The maximum Gasteiger partial charge on any atom is 0.0101 e. The van der Waals surface area contributed by atoms with E-state index in [-0.39, 0.29) is 0 Å². The third-order valence-electron chi connectivity index (χ3n) is 8.65. The van der Waals surface area contributed by atoms with Crippen molar-refractivity contribution in [2.45, 2.75) is 78.3 Å². The maximum atomic E-state index is 3.89. The van der Waals surface area contributed by atoms with Gasteiger partial charge in [0.25, 0.3) is 0 Å². The molecule has 0 radical (unpaired) electrons. The molecule has 2 nitrogen and oxygen atoms in total. The summed E-state index contributed by atoms with van der Waals surface area (Å²) in [5, 5.41) is 7.78. The van der Waals surface area contributed by atoms with Gasteiger partial charge in [0.15, 0.2) is 0 Å². The molecule has 6 saturated carbocycles. The molecule has 2 N–H and O–H groups in total. The summed E-state index contributed by atoms with van der Waals surface area (Å²) in [5.74, 6) is 3.91. The van der Waals surface area contributed by atoms with Gasteiger partial charge in [-0.25, -0.2) is 0 Å². The largest absolute Gasteiger partial charge is 0.312 e. The minimum atomic E-state index is 0.609. The van der Waals surface area contributed by atoms with Gasteiger partial charge in [-0.15, -0.1) is 0 Å². The average Bonchev–Trinajstić information content (AvgIpc) is 2.51. The number of nitrogens with one attached hydrogen (secondary N) is 2. The Morgan fingerprint density at radius 3 is 1.41 bits per heavy atom. The first-order valence-electron chi connectivity index (χ1n) is 9.87. The molecule has 0 aliphatic heterocycles. The van der Waals surface area contributed by atoms with E-state index in [1.165, 1.54) is 38.5 Å². The highest BCUT2D eigenvalue weighted by molar-refractivity contribution is 5.07. The van der Waals surface area contributed by atoms with Crippen molar-refractivity contribution >= 4 is 0 Å². The molecule has 6 aliphatic rings. The number of hydrogen-bond donors (Lipinski definition) is 2. The van der Waals surface area contributed by atoms with Crippen molar-refractivity contribution in [1.82, 2.24) is 10.6 Å². The fourth-order valence-electron chi connectivity index (χ4n) is 6.63. The zero-order valence-corrected chi connectivity index (χ0v) is 15.1. The van der Waals surface area contributed by atoms with E-state index >= 15 is 0 Å². The lowest BCUT2D eigenvalue weighted by Crippen LogP contribution is -2.61. The van der Waals surface area contributed by atoms with Crippen LogP contribution in [0.25, 0.3) is 0 Å². The van der Waals surface area contributed by atoms with Crippen LogP contribution in [0, 0.1) is 34.5 Å². The van der Waals surface area contributed by atoms with E-state index in [1.54, 1.807) is 0 Å². The fraction of sp³-hybridized carbons (Fsp3) is 1.00. The third kappa shape index (κ3) is 2.20. The van der Waals surface area contributed by atoms with E-state index in [0.717, 1.165) is 48.8 Å². The number of fused-ring (bicyclic) bond motifs is 4. The van der Waals surface area contributed by atoms with Crippen LogP contribution in [0.4, 0.5) is 0 Å². The number of rotatable bonds is 5. The van der Waals surface area contributed by atoms with Gasteiger partial charge in [0.1, 0.15) is 0 Å². The highest BCUT2D eigenvalue weighted by Crippen LogP contribution is 2.59. The first kappa shape index (κ1) is 15.4. The van der Waals surface area contributed by atoms with E-state index in [9.17, 15) is 0 Å². The van der Waals surface area contributed by atoms with Gasteiger partial charge in [0.2, 0.25) is 0 Å². The molecule has 6 fully saturated rings. The summed E-state index contributed by atoms with van der Waals surface area (Å²) < 4.78 is 0. The summed E-state index contributed by atoms with van der Waals surface area (Å²) in [6, 6.07) is 1.58. The van der Waals surface area contributed by atoms with E-state index in [0.29, 0.717) is 10.8 Å². The van der Waals surface area contributed by atoms with Crippen molar-refractivity contribution in [3.05, 3.63) is 0 Å². The second-order valence-electron chi connectivity index (χ2n) is 10.00. The van der Waals surface area contributed by atoms with Crippen LogP contribution in [0.3, 0.4) is 0 Å². The zero-order chi connectivity index (χ0) is 15.5. The molecule has 0 aromatic heterocycles. The molecule has 2 heteroatoms. The first-order chi connectivity index (χ1) is 10.4. The van der Waals surface area contributed by atoms with E-state index in [1.807, 2.05) is 0 Å². The summed E-state index contributed by atoms with van der Waals surface area (Å²) in [6.07, 6.45) is 8.71. The van der Waals surface area contributed by atoms with Gasteiger partial charge >= 0.3 is 0 Å². The molecule has 4 bridgehead atoms. The van der Waals surface area contributed by atoms with Gasteiger partial charge in [-0.2, -0.15) is 0 Å². The molecule has 0 aromatic carbocycles. The fourth-order valence-corrected chi connectivity index (χ4v) is 6.63. The van der Waals surface area contributed by atoms with Crippen LogP contribution in [0.5, 0.6) is 0 Å². The van der Waals surface area contributed by atoms with Crippen molar-refractivity contribution in [1.29, 1.82) is 0 Å². The smallest absolute Gasteiger partial charge is 0.0101 e. The molecular weight excluding hydrogens is 268 g/mol. The Bertz CT molecular complexity index is 383. The van der Waals surface area contributed by atoms with E-state index in [2.05, 4.69) is 38.3 Å². The minimum Gasteiger partial charge on any atom is -0.312 e. The monoisotopic (exact) mass is 304 g/mol. The molecule has 0 saturated heterocycles. The van der Waals surface area contributed by atoms with Crippen molar-refractivity contribution in [2.75, 3.05) is 13.1 Å². The molecule has 0 heterocycles. The molecule has 0 amide bonds. The minimum absolute atomic E-state index is 0.609. The van der Waals surface area contributed by atoms with E-state index in [4.69, 9.17) is 0 Å². The van der Waals surface area contributed by atoms with Crippen molar-refractivity contribution < 1.29 is 0 Å². The highest BCUT2D eigenvalue weighted by atomic mass is 15.0. The Morgan fingerprint density at radius 1 is 0.682 bits per heavy atom. The number of hydrogen-bond acceptors (Lipinski definition) is 2. The molecule has 126 valence electrons. The van der Waals surface area contributed by atoms with Crippen LogP contribution in [0.2, 0.25) is 0 Å². The van der Waals surface area contributed by atoms with Crippen LogP contribution in [-0.4, -0.2) is 25.2 Å². The summed E-state index contributed by atoms with van der Waals surface area (Å²) >= 11 is 0. The predicted molar refractivity (Wildman–Crippen MR) is 92.8 cm³/mol. The van der Waals surface area contributed by atoms with Gasteiger partial charge in [-0.3, -0.25) is 0 Å². The Labute approximate surface area is 137 Å². The second kappa shape index (κ2) is 5.21. The molecule has 22 heavy (non-hydrogen) atoms. The van der Waals surface area contributed by atoms with Gasteiger partial charge in [0, 0.05) is 25.2 Å². The molecule has 6 unspecified atom stereocenters. The van der Waals surface area contributed by atoms with Gasteiger partial charge < -0.3 is 10.6 Å². The van der Waals surface area contributed by atoms with Crippen molar-refractivity contribution in [3.8, 4) is 0 Å². The molecular formula is C20H36N2. The van der Waals surface area contributed by atoms with Crippen molar-refractivity contribution in [2.24, 2.45) is 34.5 Å². The lowest BCUT2D eigenvalue weighted by molar-refractivity contribution is -0.0898. The first-order valence-corrected chi connectivity index (χ1v) is 9.87. The second-order valence-corrected chi connectivity index (χ2v) is 10.00. The quantitative estimate of drug-likeness (QED) is 0.755. The lowest BCUT2D eigenvalue weighted by Gasteiger charge is -2.60. The van der Waals surface area contributed by atoms with E-state index < -0.39 is 0 Å². The maximum absolute atomic E-state index is 3.89. The van der Waals surface area contributed by atoms with Crippen LogP contribution >= 0.6 is 0 Å². The summed E-state index contributed by atoms with van der Waals surface area (Å²) in [7, 11) is 0. The predicted octanol–water partition coefficient (Wildman–Crippen LogP) is 3.82. The Morgan fingerprint density at radius 2 is 1.09 bits per heavy atom. The summed E-state index contributed by atoms with van der Waals surface area (Å²) in [4.78, 5) is 0. The van der Waals surface area contributed by atoms with Gasteiger partial charge in [-0.1, -0.05) is 27.7 Å². The Balaban J connectivity index is 1.20. The van der Waals surface area contributed by atoms with Crippen molar-refractivity contribution in [3.63, 3.8) is 0 Å². The molecule has 0 aromatic rings. The average molecular weight is 305 g/mol. The summed E-state index contributed by atoms with van der Waals surface area (Å²) in [6.45, 7) is 12.3. The van der Waals surface area contributed by atoms with Gasteiger partial charge in [-0.05, 0) is 73.0 Å². The summed E-state index contributed by atoms with van der Waals surface area (Å²) in [5.41, 5.74) is 1.22. The normalized spacial score (nSPS) is 47.5. The van der Waals surface area contributed by atoms with Crippen LogP contribution < -0.4 is 10.6 Å².